The molecule has 11 heteroatoms. The van der Waals surface area contributed by atoms with E-state index in [4.69, 9.17) is 5.11 Å². The van der Waals surface area contributed by atoms with Crippen LogP contribution in [0.5, 0.6) is 0 Å². The average molecular weight is 579 g/mol. The van der Waals surface area contributed by atoms with Gasteiger partial charge in [-0.1, -0.05) is 48.5 Å². The molecule has 0 saturated heterocycles. The number of aliphatic hydroxyl groups is 1. The van der Waals surface area contributed by atoms with E-state index in [2.05, 4.69) is 5.32 Å². The van der Waals surface area contributed by atoms with Crippen LogP contribution in [0.1, 0.15) is 30.5 Å². The van der Waals surface area contributed by atoms with Crippen LogP contribution in [-0.2, 0) is 33.8 Å². The zero-order valence-electron chi connectivity index (χ0n) is 22.4. The molecule has 0 aliphatic carbocycles. The highest BCUT2D eigenvalue weighted by molar-refractivity contribution is 7.89. The number of likely N-dealkylation sites (N-methyl/N-ethyl adjacent to an activating group) is 1. The van der Waals surface area contributed by atoms with Crippen molar-refractivity contribution < 1.29 is 36.6 Å². The SMILES string of the molecule is CN(C[C@H](O)CNC(C)(C)Cc1ccc(C(F)(F)F)cc1)S(=O)(=O)c1cccc(-c2ccc(CC(=O)O)cc2)c1. The Morgan fingerprint density at radius 2 is 1.55 bits per heavy atom. The minimum Gasteiger partial charge on any atom is -0.481 e. The van der Waals surface area contributed by atoms with Crippen LogP contribution in [0.15, 0.2) is 77.7 Å². The average Bonchev–Trinajstić information content (AvgIpc) is 2.87. The zero-order valence-corrected chi connectivity index (χ0v) is 23.3. The molecule has 0 spiro atoms. The lowest BCUT2D eigenvalue weighted by molar-refractivity contribution is -0.138. The van der Waals surface area contributed by atoms with Gasteiger partial charge >= 0.3 is 12.1 Å². The molecular formula is C29H33F3N2O5S. The van der Waals surface area contributed by atoms with Crippen molar-refractivity contribution >= 4 is 16.0 Å². The van der Waals surface area contributed by atoms with Crippen LogP contribution < -0.4 is 5.32 Å². The Balaban J connectivity index is 1.60. The van der Waals surface area contributed by atoms with E-state index in [0.29, 0.717) is 23.1 Å². The fraction of sp³-hybridized carbons (Fsp3) is 0.345. The molecule has 3 rings (SSSR count). The summed E-state index contributed by atoms with van der Waals surface area (Å²) in [5, 5.41) is 22.7. The molecule has 0 aliphatic rings. The summed E-state index contributed by atoms with van der Waals surface area (Å²) in [6, 6.07) is 18.1. The first-order chi connectivity index (χ1) is 18.6. The van der Waals surface area contributed by atoms with Crippen LogP contribution >= 0.6 is 0 Å². The number of alkyl halides is 3. The number of aliphatic carboxylic acids is 1. The highest BCUT2D eigenvalue weighted by Gasteiger charge is 2.30. The molecule has 0 saturated carbocycles. The molecule has 0 unspecified atom stereocenters. The number of carbonyl (C=O) groups is 1. The molecule has 0 bridgehead atoms. The normalized spacial score (nSPS) is 13.4. The van der Waals surface area contributed by atoms with Crippen LogP contribution in [-0.4, -0.2) is 60.7 Å². The van der Waals surface area contributed by atoms with Crippen molar-refractivity contribution in [2.75, 3.05) is 20.1 Å². The van der Waals surface area contributed by atoms with Gasteiger partial charge in [0.05, 0.1) is 23.0 Å². The number of β-amino-alcohol motifs (C(OH)–C–C–N with tert-alkyl or cyclic N) is 1. The fourth-order valence-corrected chi connectivity index (χ4v) is 5.50. The Bertz CT molecular complexity index is 1410. The van der Waals surface area contributed by atoms with E-state index in [9.17, 15) is 31.5 Å². The summed E-state index contributed by atoms with van der Waals surface area (Å²) in [5.74, 6) is -0.941. The number of rotatable bonds is 12. The molecule has 0 radical (unpaired) electrons. The summed E-state index contributed by atoms with van der Waals surface area (Å²) in [6.45, 7) is 3.57. The Morgan fingerprint density at radius 1 is 0.950 bits per heavy atom. The number of hydrogen-bond acceptors (Lipinski definition) is 5. The summed E-state index contributed by atoms with van der Waals surface area (Å²) in [4.78, 5) is 10.9. The molecule has 0 aliphatic heterocycles. The van der Waals surface area contributed by atoms with Gasteiger partial charge in [0.25, 0.3) is 0 Å². The van der Waals surface area contributed by atoms with Crippen LogP contribution in [0, 0.1) is 0 Å². The summed E-state index contributed by atoms with van der Waals surface area (Å²) in [7, 11) is -2.56. The monoisotopic (exact) mass is 578 g/mol. The van der Waals surface area contributed by atoms with Crippen LogP contribution in [0.25, 0.3) is 11.1 Å². The molecule has 0 heterocycles. The van der Waals surface area contributed by atoms with Gasteiger partial charge in [-0.25, -0.2) is 8.42 Å². The zero-order chi connectivity index (χ0) is 29.7. The first-order valence-corrected chi connectivity index (χ1v) is 14.0. The van der Waals surface area contributed by atoms with Crippen LogP contribution in [0.3, 0.4) is 0 Å². The molecule has 0 aromatic heterocycles. The second-order valence-electron chi connectivity index (χ2n) is 10.4. The quantitative estimate of drug-likeness (QED) is 0.290. The van der Waals surface area contributed by atoms with E-state index < -0.39 is 39.4 Å². The topological polar surface area (TPSA) is 107 Å². The highest BCUT2D eigenvalue weighted by Crippen LogP contribution is 2.29. The number of hydrogen-bond donors (Lipinski definition) is 3. The first-order valence-electron chi connectivity index (χ1n) is 12.5. The number of nitrogens with zero attached hydrogens (tertiary/aromatic N) is 1. The lowest BCUT2D eigenvalue weighted by Gasteiger charge is -2.29. The van der Waals surface area contributed by atoms with E-state index in [1.54, 1.807) is 36.4 Å². The van der Waals surface area contributed by atoms with E-state index in [1.165, 1.54) is 31.3 Å². The van der Waals surface area contributed by atoms with Crippen molar-refractivity contribution in [2.24, 2.45) is 0 Å². The van der Waals surface area contributed by atoms with Gasteiger partial charge in [0, 0.05) is 25.7 Å². The maximum absolute atomic E-state index is 13.2. The van der Waals surface area contributed by atoms with Crippen molar-refractivity contribution in [1.82, 2.24) is 9.62 Å². The van der Waals surface area contributed by atoms with E-state index in [0.717, 1.165) is 22.0 Å². The third-order valence-electron chi connectivity index (χ3n) is 6.40. The first kappa shape index (κ1) is 31.3. The highest BCUT2D eigenvalue weighted by atomic mass is 32.2. The van der Waals surface area contributed by atoms with E-state index >= 15 is 0 Å². The van der Waals surface area contributed by atoms with E-state index in [1.807, 2.05) is 13.8 Å². The summed E-state index contributed by atoms with van der Waals surface area (Å²) < 4.78 is 65.9. The van der Waals surface area contributed by atoms with Crippen molar-refractivity contribution in [3.05, 3.63) is 89.5 Å². The number of carboxylic acid groups (broad SMARTS) is 1. The Labute approximate surface area is 232 Å². The summed E-state index contributed by atoms with van der Waals surface area (Å²) in [6.07, 6.45) is -5.16. The minimum absolute atomic E-state index is 0.0462. The Morgan fingerprint density at radius 3 is 2.12 bits per heavy atom. The van der Waals surface area contributed by atoms with Crippen LogP contribution in [0.4, 0.5) is 13.2 Å². The number of nitrogens with one attached hydrogen (secondary N) is 1. The maximum Gasteiger partial charge on any atom is 0.416 e. The summed E-state index contributed by atoms with van der Waals surface area (Å²) in [5.41, 5.74) is 1.39. The van der Waals surface area contributed by atoms with Gasteiger partial charge in [0.1, 0.15) is 0 Å². The smallest absolute Gasteiger partial charge is 0.416 e. The third kappa shape index (κ3) is 8.62. The van der Waals surface area contributed by atoms with Gasteiger partial charge in [0.2, 0.25) is 10.0 Å². The molecule has 40 heavy (non-hydrogen) atoms. The van der Waals surface area contributed by atoms with Crippen LogP contribution in [0.2, 0.25) is 0 Å². The summed E-state index contributed by atoms with van der Waals surface area (Å²) >= 11 is 0. The second-order valence-corrected chi connectivity index (χ2v) is 12.4. The van der Waals surface area contributed by atoms with Gasteiger partial charge < -0.3 is 15.5 Å². The maximum atomic E-state index is 13.2. The van der Waals surface area contributed by atoms with Gasteiger partial charge in [-0.2, -0.15) is 17.5 Å². The van der Waals surface area contributed by atoms with Gasteiger partial charge in [-0.15, -0.1) is 0 Å². The number of halogens is 3. The molecule has 3 N–H and O–H groups in total. The molecule has 0 fully saturated rings. The number of benzene rings is 3. The van der Waals surface area contributed by atoms with Gasteiger partial charge in [-0.3, -0.25) is 4.79 Å². The van der Waals surface area contributed by atoms with Gasteiger partial charge in [0.15, 0.2) is 0 Å². The molecule has 3 aromatic carbocycles. The number of sulfonamides is 1. The second kappa shape index (κ2) is 12.5. The fourth-order valence-electron chi connectivity index (χ4n) is 4.24. The standard InChI is InChI=1S/C29H33F3N2O5S/c1-28(2,17-21-9-13-24(14-10-21)29(30,31)32)33-18-25(35)19-34(3)40(38,39)26-6-4-5-23(16-26)22-11-7-20(8-12-22)15-27(36)37/h4-14,16,25,33,35H,15,17-19H2,1-3H3,(H,36,37)/t25-/m1/s1. The van der Waals surface area contributed by atoms with E-state index in [-0.39, 0.29) is 24.4 Å². The Kier molecular flexibility index (Phi) is 9.78. The predicted octanol–water partition coefficient (Wildman–Crippen LogP) is 4.59. The predicted molar refractivity (Wildman–Crippen MR) is 146 cm³/mol. The molecular weight excluding hydrogens is 545 g/mol. The number of aliphatic hydroxyl groups excluding tert-OH is 1. The number of carboxylic acids is 1. The van der Waals surface area contributed by atoms with Gasteiger partial charge in [-0.05, 0) is 66.8 Å². The lowest BCUT2D eigenvalue weighted by atomic mass is 9.94. The van der Waals surface area contributed by atoms with Crippen molar-refractivity contribution in [3.63, 3.8) is 0 Å². The Hall–Kier alpha value is -3.25. The van der Waals surface area contributed by atoms with Crippen molar-refractivity contribution in [3.8, 4) is 11.1 Å². The van der Waals surface area contributed by atoms with Crippen molar-refractivity contribution in [2.45, 2.75) is 49.4 Å². The van der Waals surface area contributed by atoms with Crippen molar-refractivity contribution in [1.29, 1.82) is 0 Å². The lowest BCUT2D eigenvalue weighted by Crippen LogP contribution is -2.47. The minimum atomic E-state index is -4.40. The molecule has 216 valence electrons. The molecule has 7 nitrogen and oxygen atoms in total. The third-order valence-corrected chi connectivity index (χ3v) is 8.22. The molecule has 0 amide bonds. The molecule has 1 atom stereocenters. The molecule has 3 aromatic rings. The largest absolute Gasteiger partial charge is 0.481 e.